The number of carbonyl (C=O) groups is 2. The molecule has 1 spiro atoms. The maximum atomic E-state index is 12.1. The highest BCUT2D eigenvalue weighted by Crippen LogP contribution is 2.39. The summed E-state index contributed by atoms with van der Waals surface area (Å²) in [5.41, 5.74) is 0.435. The van der Waals surface area contributed by atoms with Crippen molar-refractivity contribution in [2.45, 2.75) is 37.8 Å². The Balaban J connectivity index is 1.90. The number of nitrogens with one attached hydrogen (secondary N) is 1. The molecule has 0 unspecified atom stereocenters. The van der Waals surface area contributed by atoms with Crippen molar-refractivity contribution in [3.05, 3.63) is 34.3 Å². The summed E-state index contributed by atoms with van der Waals surface area (Å²) in [5.74, 6) is -0.120. The van der Waals surface area contributed by atoms with E-state index in [0.717, 1.165) is 35.7 Å². The van der Waals surface area contributed by atoms with Crippen molar-refractivity contribution in [2.75, 3.05) is 0 Å². The third kappa shape index (κ3) is 2.06. The number of hydrogen-bond acceptors (Lipinski definition) is 2. The Bertz CT molecular complexity index is 538. The largest absolute Gasteiger partial charge is 0.325 e. The molecule has 1 aromatic rings. The Labute approximate surface area is 120 Å². The zero-order valence-corrected chi connectivity index (χ0v) is 12.1. The van der Waals surface area contributed by atoms with Crippen LogP contribution in [0.2, 0.25) is 0 Å². The summed E-state index contributed by atoms with van der Waals surface area (Å²) >= 11 is 3.43. The second-order valence-corrected chi connectivity index (χ2v) is 6.13. The molecule has 19 heavy (non-hydrogen) atoms. The van der Waals surface area contributed by atoms with Crippen molar-refractivity contribution in [2.24, 2.45) is 0 Å². The average molecular weight is 323 g/mol. The van der Waals surface area contributed by atoms with Gasteiger partial charge in [-0.1, -0.05) is 40.9 Å². The minimum absolute atomic E-state index is 0.120. The fourth-order valence-corrected chi connectivity index (χ4v) is 3.54. The van der Waals surface area contributed by atoms with Crippen LogP contribution in [-0.4, -0.2) is 22.4 Å². The number of amides is 3. The van der Waals surface area contributed by atoms with Crippen LogP contribution < -0.4 is 5.32 Å². The Kier molecular flexibility index (Phi) is 3.09. The highest BCUT2D eigenvalue weighted by molar-refractivity contribution is 9.10. The van der Waals surface area contributed by atoms with Gasteiger partial charge >= 0.3 is 6.03 Å². The van der Waals surface area contributed by atoms with E-state index in [1.807, 2.05) is 24.3 Å². The van der Waals surface area contributed by atoms with E-state index in [4.69, 9.17) is 0 Å². The summed E-state index contributed by atoms with van der Waals surface area (Å²) in [6.45, 7) is 0.483. The summed E-state index contributed by atoms with van der Waals surface area (Å²) in [4.78, 5) is 25.8. The second-order valence-electron chi connectivity index (χ2n) is 5.21. The molecule has 1 heterocycles. The van der Waals surface area contributed by atoms with Gasteiger partial charge in [0, 0.05) is 11.0 Å². The number of carbonyl (C=O) groups excluding carboxylic acids is 2. The smallest absolute Gasteiger partial charge is 0.305 e. The Hall–Kier alpha value is -1.36. The van der Waals surface area contributed by atoms with Gasteiger partial charge in [-0.25, -0.2) is 4.79 Å². The van der Waals surface area contributed by atoms with Gasteiger partial charge in [0.15, 0.2) is 0 Å². The lowest BCUT2D eigenvalue weighted by Crippen LogP contribution is -2.46. The van der Waals surface area contributed by atoms with Crippen LogP contribution in [0.25, 0.3) is 0 Å². The van der Waals surface area contributed by atoms with Gasteiger partial charge in [-0.05, 0) is 30.5 Å². The minimum atomic E-state index is -0.598. The summed E-state index contributed by atoms with van der Waals surface area (Å²) in [5, 5.41) is 2.47. The lowest BCUT2D eigenvalue weighted by atomic mass is 9.95. The van der Waals surface area contributed by atoms with Crippen molar-refractivity contribution in [3.8, 4) is 0 Å². The Morgan fingerprint density at radius 3 is 2.68 bits per heavy atom. The van der Waals surface area contributed by atoms with Crippen LogP contribution in [-0.2, 0) is 11.3 Å². The van der Waals surface area contributed by atoms with Crippen molar-refractivity contribution in [1.82, 2.24) is 10.2 Å². The lowest BCUT2D eigenvalue weighted by molar-refractivity contribution is -0.126. The first-order valence-electron chi connectivity index (χ1n) is 6.49. The number of benzene rings is 1. The maximum Gasteiger partial charge on any atom is 0.325 e. The Morgan fingerprint density at radius 1 is 1.26 bits per heavy atom. The van der Waals surface area contributed by atoms with Gasteiger partial charge in [-0.15, -0.1) is 0 Å². The molecule has 100 valence electrons. The van der Waals surface area contributed by atoms with Gasteiger partial charge in [-0.2, -0.15) is 0 Å². The third-order valence-corrected chi connectivity index (χ3v) is 4.56. The van der Waals surface area contributed by atoms with Crippen LogP contribution in [0.5, 0.6) is 0 Å². The standard InChI is InChI=1S/C14H15BrN2O2/c15-11-5-3-4-10(8-11)9-17-13(19)16-12(18)14(17)6-1-2-7-14/h3-5,8H,1-2,6-7,9H2,(H,16,18,19). The van der Waals surface area contributed by atoms with Crippen molar-refractivity contribution in [1.29, 1.82) is 0 Å². The molecule has 1 aliphatic heterocycles. The van der Waals surface area contributed by atoms with Crippen LogP contribution in [0.3, 0.4) is 0 Å². The van der Waals surface area contributed by atoms with E-state index in [9.17, 15) is 9.59 Å². The normalized spacial score (nSPS) is 21.2. The van der Waals surface area contributed by atoms with E-state index in [1.165, 1.54) is 0 Å². The summed E-state index contributed by atoms with van der Waals surface area (Å²) in [6.07, 6.45) is 3.57. The molecule has 2 aliphatic rings. The maximum absolute atomic E-state index is 12.1. The summed E-state index contributed by atoms with van der Waals surface area (Å²) in [7, 11) is 0. The van der Waals surface area contributed by atoms with Crippen molar-refractivity contribution >= 4 is 27.9 Å². The van der Waals surface area contributed by atoms with E-state index in [1.54, 1.807) is 4.90 Å². The van der Waals surface area contributed by atoms with Gasteiger partial charge in [0.05, 0.1) is 0 Å². The van der Waals surface area contributed by atoms with Crippen LogP contribution in [0, 0.1) is 0 Å². The van der Waals surface area contributed by atoms with Gasteiger partial charge < -0.3 is 4.90 Å². The predicted octanol–water partition coefficient (Wildman–Crippen LogP) is 2.81. The molecule has 4 nitrogen and oxygen atoms in total. The molecule has 3 amide bonds. The fraction of sp³-hybridized carbons (Fsp3) is 0.429. The van der Waals surface area contributed by atoms with E-state index in [2.05, 4.69) is 21.2 Å². The van der Waals surface area contributed by atoms with Crippen LogP contribution in [0.15, 0.2) is 28.7 Å². The number of urea groups is 1. The zero-order valence-electron chi connectivity index (χ0n) is 10.5. The number of imide groups is 1. The summed E-state index contributed by atoms with van der Waals surface area (Å²) in [6, 6.07) is 7.59. The molecule has 1 aliphatic carbocycles. The molecule has 0 radical (unpaired) electrons. The number of nitrogens with zero attached hydrogens (tertiary/aromatic N) is 1. The molecule has 1 saturated heterocycles. The average Bonchev–Trinajstić information content (AvgIpc) is 2.93. The second kappa shape index (κ2) is 4.63. The number of hydrogen-bond donors (Lipinski definition) is 1. The molecular formula is C14H15BrN2O2. The Morgan fingerprint density at radius 2 is 2.00 bits per heavy atom. The summed E-state index contributed by atoms with van der Waals surface area (Å²) < 4.78 is 0.983. The topological polar surface area (TPSA) is 49.4 Å². The molecule has 5 heteroatoms. The van der Waals surface area contributed by atoms with E-state index in [-0.39, 0.29) is 11.9 Å². The molecule has 1 saturated carbocycles. The van der Waals surface area contributed by atoms with E-state index < -0.39 is 5.54 Å². The van der Waals surface area contributed by atoms with Crippen molar-refractivity contribution < 1.29 is 9.59 Å². The molecule has 1 N–H and O–H groups in total. The monoisotopic (exact) mass is 322 g/mol. The molecule has 0 bridgehead atoms. The first-order valence-corrected chi connectivity index (χ1v) is 7.29. The van der Waals surface area contributed by atoms with Gasteiger partial charge in [-0.3, -0.25) is 10.1 Å². The first kappa shape index (κ1) is 12.7. The fourth-order valence-electron chi connectivity index (χ4n) is 3.10. The van der Waals surface area contributed by atoms with Crippen LogP contribution in [0.4, 0.5) is 4.79 Å². The molecule has 0 aromatic heterocycles. The van der Waals surface area contributed by atoms with Crippen LogP contribution in [0.1, 0.15) is 31.2 Å². The van der Waals surface area contributed by atoms with Crippen molar-refractivity contribution in [3.63, 3.8) is 0 Å². The quantitative estimate of drug-likeness (QED) is 0.851. The highest BCUT2D eigenvalue weighted by Gasteiger charge is 2.53. The van der Waals surface area contributed by atoms with Gasteiger partial charge in [0.2, 0.25) is 0 Å². The molecule has 2 fully saturated rings. The minimum Gasteiger partial charge on any atom is -0.305 e. The SMILES string of the molecule is O=C1NC(=O)C2(CCCC2)N1Cc1cccc(Br)c1. The van der Waals surface area contributed by atoms with E-state index >= 15 is 0 Å². The molecule has 3 rings (SSSR count). The van der Waals surface area contributed by atoms with E-state index in [0.29, 0.717) is 6.54 Å². The third-order valence-electron chi connectivity index (χ3n) is 4.07. The highest BCUT2D eigenvalue weighted by atomic mass is 79.9. The first-order chi connectivity index (χ1) is 9.12. The molecule has 1 aromatic carbocycles. The lowest BCUT2D eigenvalue weighted by Gasteiger charge is -2.31. The number of halogens is 1. The predicted molar refractivity (Wildman–Crippen MR) is 74.4 cm³/mol. The number of rotatable bonds is 2. The molecule has 0 atom stereocenters. The van der Waals surface area contributed by atoms with Crippen LogP contribution >= 0.6 is 15.9 Å². The van der Waals surface area contributed by atoms with Gasteiger partial charge in [0.25, 0.3) is 5.91 Å². The zero-order chi connectivity index (χ0) is 13.5. The molecular weight excluding hydrogens is 308 g/mol. The van der Waals surface area contributed by atoms with Gasteiger partial charge in [0.1, 0.15) is 5.54 Å².